The summed E-state index contributed by atoms with van der Waals surface area (Å²) in [4.78, 5) is 15.8. The third kappa shape index (κ3) is 3.05. The molecule has 0 saturated heterocycles. The molecule has 2 rings (SSSR count). The molecule has 2 aromatic rings. The maximum absolute atomic E-state index is 11.7. The Balaban J connectivity index is 2.14. The van der Waals surface area contributed by atoms with E-state index in [1.165, 1.54) is 0 Å². The quantitative estimate of drug-likeness (QED) is 0.867. The van der Waals surface area contributed by atoms with Crippen LogP contribution in [-0.2, 0) is 4.79 Å². The zero-order valence-electron chi connectivity index (χ0n) is 10.3. The molecule has 0 radical (unpaired) electrons. The summed E-state index contributed by atoms with van der Waals surface area (Å²) in [6.45, 7) is 1.68. The van der Waals surface area contributed by atoms with Gasteiger partial charge >= 0.3 is 0 Å². The highest BCUT2D eigenvalue weighted by Crippen LogP contribution is 2.22. The molecule has 1 aromatic heterocycles. The predicted octanol–water partition coefficient (Wildman–Crippen LogP) is 2.33. The van der Waals surface area contributed by atoms with Gasteiger partial charge in [-0.15, -0.1) is 0 Å². The molecule has 0 bridgehead atoms. The molecule has 4 heteroatoms. The molecule has 0 aliphatic rings. The number of aliphatic hydroxyl groups excluding tert-OH is 1. The van der Waals surface area contributed by atoms with E-state index in [0.29, 0.717) is 12.8 Å². The zero-order valence-corrected chi connectivity index (χ0v) is 10.3. The molecule has 0 aliphatic heterocycles. The average molecular weight is 244 g/mol. The molecule has 1 atom stereocenters. The monoisotopic (exact) mass is 244 g/mol. The first-order chi connectivity index (χ1) is 8.66. The van der Waals surface area contributed by atoms with E-state index in [9.17, 15) is 4.79 Å². The molecule has 18 heavy (non-hydrogen) atoms. The van der Waals surface area contributed by atoms with Gasteiger partial charge in [0.05, 0.1) is 6.10 Å². The van der Waals surface area contributed by atoms with Crippen LogP contribution in [0.3, 0.4) is 0 Å². The molecule has 0 fully saturated rings. The molecule has 2 N–H and O–H groups in total. The number of hydrogen-bond donors (Lipinski definition) is 2. The van der Waals surface area contributed by atoms with Crippen molar-refractivity contribution in [3.63, 3.8) is 0 Å². The van der Waals surface area contributed by atoms with E-state index in [1.807, 2.05) is 24.3 Å². The number of fused-ring (bicyclic) bond motifs is 1. The molecule has 0 aliphatic carbocycles. The van der Waals surface area contributed by atoms with Crippen molar-refractivity contribution < 1.29 is 9.90 Å². The molecule has 0 spiro atoms. The molecule has 1 amide bonds. The fraction of sp³-hybridized carbons (Fsp3) is 0.286. The first-order valence-corrected chi connectivity index (χ1v) is 5.97. The summed E-state index contributed by atoms with van der Waals surface area (Å²) >= 11 is 0. The molecular formula is C14H16N2O2. The van der Waals surface area contributed by atoms with Crippen molar-refractivity contribution in [3.05, 3.63) is 36.7 Å². The molecular weight excluding hydrogens is 228 g/mol. The van der Waals surface area contributed by atoms with Crippen molar-refractivity contribution in [2.45, 2.75) is 25.9 Å². The molecule has 0 saturated carbocycles. The fourth-order valence-corrected chi connectivity index (χ4v) is 1.78. The minimum absolute atomic E-state index is 0.0831. The fourth-order valence-electron chi connectivity index (χ4n) is 1.78. The Bertz CT molecular complexity index is 547. The number of carbonyl (C=O) groups is 1. The van der Waals surface area contributed by atoms with Crippen LogP contribution in [-0.4, -0.2) is 22.1 Å². The number of pyridine rings is 1. The first-order valence-electron chi connectivity index (χ1n) is 5.97. The number of rotatable bonds is 4. The number of hydrogen-bond acceptors (Lipinski definition) is 3. The van der Waals surface area contributed by atoms with Gasteiger partial charge in [-0.25, -0.2) is 0 Å². The van der Waals surface area contributed by atoms with E-state index in [4.69, 9.17) is 5.11 Å². The van der Waals surface area contributed by atoms with Crippen molar-refractivity contribution in [2.24, 2.45) is 0 Å². The van der Waals surface area contributed by atoms with Crippen molar-refractivity contribution in [1.29, 1.82) is 0 Å². The number of anilines is 1. The summed E-state index contributed by atoms with van der Waals surface area (Å²) < 4.78 is 0. The van der Waals surface area contributed by atoms with Gasteiger partial charge in [-0.3, -0.25) is 9.78 Å². The van der Waals surface area contributed by atoms with Crippen LogP contribution in [0.5, 0.6) is 0 Å². The second kappa shape index (κ2) is 5.60. The number of aliphatic hydroxyl groups is 1. The predicted molar refractivity (Wildman–Crippen MR) is 71.3 cm³/mol. The standard InChI is InChI=1S/C14H16N2O2/c1-10(17)5-6-14(18)16-13-4-2-3-11-9-15-8-7-12(11)13/h2-4,7-10,17H,5-6H2,1H3,(H,16,18). The van der Waals surface area contributed by atoms with Crippen LogP contribution in [0.15, 0.2) is 36.7 Å². The first kappa shape index (κ1) is 12.5. The van der Waals surface area contributed by atoms with E-state index in [-0.39, 0.29) is 5.91 Å². The highest BCUT2D eigenvalue weighted by molar-refractivity contribution is 6.01. The van der Waals surface area contributed by atoms with Crippen LogP contribution < -0.4 is 5.32 Å². The lowest BCUT2D eigenvalue weighted by atomic mass is 10.1. The van der Waals surface area contributed by atoms with Crippen LogP contribution in [0.2, 0.25) is 0 Å². The van der Waals surface area contributed by atoms with E-state index < -0.39 is 6.10 Å². The Kier molecular flexibility index (Phi) is 3.89. The van der Waals surface area contributed by atoms with Crippen LogP contribution >= 0.6 is 0 Å². The van der Waals surface area contributed by atoms with Crippen LogP contribution in [0, 0.1) is 0 Å². The molecule has 1 unspecified atom stereocenters. The molecule has 1 heterocycles. The molecule has 94 valence electrons. The largest absolute Gasteiger partial charge is 0.393 e. The number of aromatic nitrogens is 1. The lowest BCUT2D eigenvalue weighted by Crippen LogP contribution is -2.14. The lowest BCUT2D eigenvalue weighted by molar-refractivity contribution is -0.116. The number of carbonyl (C=O) groups excluding carboxylic acids is 1. The van der Waals surface area contributed by atoms with E-state index >= 15 is 0 Å². The summed E-state index contributed by atoms with van der Waals surface area (Å²) in [6.07, 6.45) is 3.80. The molecule has 4 nitrogen and oxygen atoms in total. The maximum Gasteiger partial charge on any atom is 0.224 e. The Morgan fingerprint density at radius 1 is 1.44 bits per heavy atom. The van der Waals surface area contributed by atoms with Crippen molar-refractivity contribution in [3.8, 4) is 0 Å². The Morgan fingerprint density at radius 2 is 2.28 bits per heavy atom. The minimum atomic E-state index is -0.451. The second-order valence-electron chi connectivity index (χ2n) is 4.34. The summed E-state index contributed by atoms with van der Waals surface area (Å²) in [5.41, 5.74) is 0.783. The normalized spacial score (nSPS) is 12.3. The van der Waals surface area contributed by atoms with Crippen molar-refractivity contribution in [1.82, 2.24) is 4.98 Å². The minimum Gasteiger partial charge on any atom is -0.393 e. The SMILES string of the molecule is CC(O)CCC(=O)Nc1cccc2cnccc12. The third-order valence-corrected chi connectivity index (χ3v) is 2.74. The van der Waals surface area contributed by atoms with Gasteiger partial charge in [-0.05, 0) is 25.5 Å². The van der Waals surface area contributed by atoms with Gasteiger partial charge in [0, 0.05) is 35.3 Å². The van der Waals surface area contributed by atoms with E-state index in [1.54, 1.807) is 19.3 Å². The van der Waals surface area contributed by atoms with Gasteiger partial charge < -0.3 is 10.4 Å². The number of nitrogens with zero attached hydrogens (tertiary/aromatic N) is 1. The summed E-state index contributed by atoms with van der Waals surface area (Å²) in [5.74, 6) is -0.0831. The van der Waals surface area contributed by atoms with Gasteiger partial charge in [0.15, 0.2) is 0 Å². The van der Waals surface area contributed by atoms with Gasteiger partial charge in [-0.1, -0.05) is 12.1 Å². The van der Waals surface area contributed by atoms with Crippen molar-refractivity contribution >= 4 is 22.4 Å². The number of amides is 1. The Hall–Kier alpha value is -1.94. The van der Waals surface area contributed by atoms with Gasteiger partial charge in [0.25, 0.3) is 0 Å². The maximum atomic E-state index is 11.7. The second-order valence-corrected chi connectivity index (χ2v) is 4.34. The van der Waals surface area contributed by atoms with Gasteiger partial charge in [-0.2, -0.15) is 0 Å². The van der Waals surface area contributed by atoms with Crippen LogP contribution in [0.25, 0.3) is 10.8 Å². The van der Waals surface area contributed by atoms with Crippen LogP contribution in [0.1, 0.15) is 19.8 Å². The summed E-state index contributed by atoms with van der Waals surface area (Å²) in [7, 11) is 0. The molecule has 1 aromatic carbocycles. The average Bonchev–Trinajstić information content (AvgIpc) is 2.37. The summed E-state index contributed by atoms with van der Waals surface area (Å²) in [6, 6.07) is 7.57. The number of nitrogens with one attached hydrogen (secondary N) is 1. The van der Waals surface area contributed by atoms with Crippen molar-refractivity contribution in [2.75, 3.05) is 5.32 Å². The zero-order chi connectivity index (χ0) is 13.0. The highest BCUT2D eigenvalue weighted by atomic mass is 16.3. The Morgan fingerprint density at radius 3 is 3.06 bits per heavy atom. The Labute approximate surface area is 106 Å². The van der Waals surface area contributed by atoms with Crippen LogP contribution in [0.4, 0.5) is 5.69 Å². The highest BCUT2D eigenvalue weighted by Gasteiger charge is 2.07. The third-order valence-electron chi connectivity index (χ3n) is 2.74. The summed E-state index contributed by atoms with van der Waals surface area (Å²) in [5, 5.41) is 14.0. The van der Waals surface area contributed by atoms with Gasteiger partial charge in [0.1, 0.15) is 0 Å². The van der Waals surface area contributed by atoms with E-state index in [2.05, 4.69) is 10.3 Å². The smallest absolute Gasteiger partial charge is 0.224 e. The number of benzene rings is 1. The topological polar surface area (TPSA) is 62.2 Å². The van der Waals surface area contributed by atoms with Gasteiger partial charge in [0.2, 0.25) is 5.91 Å². The lowest BCUT2D eigenvalue weighted by Gasteiger charge is -2.09. The van der Waals surface area contributed by atoms with E-state index in [0.717, 1.165) is 16.5 Å².